The number of hydrogen-bond donors (Lipinski definition) is 1. The average molecular weight is 430 g/mol. The van der Waals surface area contributed by atoms with Crippen molar-refractivity contribution >= 4 is 23.1 Å². The molecule has 4 rings (SSSR count). The number of carbonyl (C=O) groups is 2. The number of amides is 1. The molecular weight excluding hydrogens is 408 g/mol. The Kier molecular flexibility index (Phi) is 5.64. The molecule has 1 amide bonds. The molecule has 1 fully saturated rings. The van der Waals surface area contributed by atoms with E-state index in [1.54, 1.807) is 48.7 Å². The van der Waals surface area contributed by atoms with E-state index < -0.39 is 17.7 Å². The lowest BCUT2D eigenvalue weighted by Crippen LogP contribution is -2.29. The van der Waals surface area contributed by atoms with Gasteiger partial charge in [0.1, 0.15) is 17.3 Å². The lowest BCUT2D eigenvalue weighted by molar-refractivity contribution is -0.132. The van der Waals surface area contributed by atoms with Crippen molar-refractivity contribution in [3.8, 4) is 11.5 Å². The first-order valence-electron chi connectivity index (χ1n) is 9.96. The predicted octanol–water partition coefficient (Wildman–Crippen LogP) is 4.03. The molecular formula is C25H22N2O5. The third-order valence-corrected chi connectivity index (χ3v) is 5.43. The summed E-state index contributed by atoms with van der Waals surface area (Å²) >= 11 is 0. The van der Waals surface area contributed by atoms with Gasteiger partial charge in [0.25, 0.3) is 11.7 Å². The number of carbonyl (C=O) groups excluding carboxylic acids is 2. The van der Waals surface area contributed by atoms with Gasteiger partial charge in [0.2, 0.25) is 0 Å². The highest BCUT2D eigenvalue weighted by Gasteiger charge is 2.48. The average Bonchev–Trinajstić information content (AvgIpc) is 3.09. The normalized spacial score (nSPS) is 17.5. The van der Waals surface area contributed by atoms with Crippen molar-refractivity contribution < 1.29 is 24.2 Å². The minimum atomic E-state index is -0.915. The molecule has 7 heteroatoms. The molecule has 32 heavy (non-hydrogen) atoms. The number of aryl methyl sites for hydroxylation is 1. The van der Waals surface area contributed by atoms with Crippen LogP contribution in [0.5, 0.6) is 11.5 Å². The number of Topliss-reactive ketones (excluding diaryl/α,β-unsaturated/α-hetero) is 1. The summed E-state index contributed by atoms with van der Waals surface area (Å²) in [6.07, 6.45) is 3.08. The molecule has 3 aromatic rings. The van der Waals surface area contributed by atoms with Crippen LogP contribution in [0.4, 0.5) is 5.69 Å². The Balaban J connectivity index is 1.98. The quantitative estimate of drug-likeness (QED) is 0.373. The Hall–Kier alpha value is -4.13. The summed E-state index contributed by atoms with van der Waals surface area (Å²) < 4.78 is 10.8. The van der Waals surface area contributed by atoms with Crippen LogP contribution >= 0.6 is 0 Å². The molecule has 1 aromatic heterocycles. The first kappa shape index (κ1) is 21.1. The van der Waals surface area contributed by atoms with Gasteiger partial charge >= 0.3 is 0 Å². The van der Waals surface area contributed by atoms with Crippen LogP contribution in [0.3, 0.4) is 0 Å². The van der Waals surface area contributed by atoms with Crippen LogP contribution in [0, 0.1) is 6.92 Å². The molecule has 1 N–H and O–H groups in total. The molecule has 162 valence electrons. The zero-order valence-corrected chi connectivity index (χ0v) is 17.9. The number of nitrogens with zero attached hydrogens (tertiary/aromatic N) is 2. The Morgan fingerprint density at radius 2 is 1.78 bits per heavy atom. The summed E-state index contributed by atoms with van der Waals surface area (Å²) in [7, 11) is 3.03. The fraction of sp³-hybridized carbons (Fsp3) is 0.160. The largest absolute Gasteiger partial charge is 0.507 e. The highest BCUT2D eigenvalue weighted by atomic mass is 16.5. The molecule has 1 atom stereocenters. The van der Waals surface area contributed by atoms with Gasteiger partial charge in [-0.3, -0.25) is 19.5 Å². The maximum Gasteiger partial charge on any atom is 0.300 e. The van der Waals surface area contributed by atoms with Gasteiger partial charge in [0.05, 0.1) is 37.7 Å². The Labute approximate surface area is 185 Å². The van der Waals surface area contributed by atoms with Crippen LogP contribution < -0.4 is 14.4 Å². The van der Waals surface area contributed by atoms with E-state index in [-0.39, 0.29) is 11.3 Å². The highest BCUT2D eigenvalue weighted by molar-refractivity contribution is 6.51. The van der Waals surface area contributed by atoms with Crippen LogP contribution in [0.2, 0.25) is 0 Å². The van der Waals surface area contributed by atoms with Gasteiger partial charge < -0.3 is 14.6 Å². The molecule has 2 aromatic carbocycles. The topological polar surface area (TPSA) is 89.0 Å². The van der Waals surface area contributed by atoms with Gasteiger partial charge in [0, 0.05) is 23.4 Å². The second-order valence-corrected chi connectivity index (χ2v) is 7.35. The fourth-order valence-electron chi connectivity index (χ4n) is 3.80. The second-order valence-electron chi connectivity index (χ2n) is 7.35. The molecule has 0 bridgehead atoms. The first-order chi connectivity index (χ1) is 15.5. The molecule has 2 heterocycles. The highest BCUT2D eigenvalue weighted by Crippen LogP contribution is 2.45. The maximum absolute atomic E-state index is 13.2. The summed E-state index contributed by atoms with van der Waals surface area (Å²) in [6, 6.07) is 14.6. The van der Waals surface area contributed by atoms with E-state index in [9.17, 15) is 14.7 Å². The van der Waals surface area contributed by atoms with Crippen LogP contribution in [0.25, 0.3) is 5.76 Å². The van der Waals surface area contributed by atoms with E-state index in [2.05, 4.69) is 4.98 Å². The predicted molar refractivity (Wildman–Crippen MR) is 120 cm³/mol. The number of aliphatic hydroxyl groups excluding tert-OH is 1. The third kappa shape index (κ3) is 3.58. The molecule has 1 saturated heterocycles. The number of ether oxygens (including phenoxy) is 2. The molecule has 0 spiro atoms. The van der Waals surface area contributed by atoms with Gasteiger partial charge in [-0.25, -0.2) is 0 Å². The van der Waals surface area contributed by atoms with Crippen molar-refractivity contribution in [1.82, 2.24) is 4.98 Å². The van der Waals surface area contributed by atoms with Crippen molar-refractivity contribution in [3.05, 3.63) is 89.3 Å². The van der Waals surface area contributed by atoms with E-state index in [0.29, 0.717) is 28.3 Å². The summed E-state index contributed by atoms with van der Waals surface area (Å²) in [4.78, 5) is 31.8. The lowest BCUT2D eigenvalue weighted by atomic mass is 9.94. The van der Waals surface area contributed by atoms with Gasteiger partial charge in [-0.1, -0.05) is 29.8 Å². The molecule has 0 unspecified atom stereocenters. The third-order valence-electron chi connectivity index (χ3n) is 5.43. The van der Waals surface area contributed by atoms with E-state index in [4.69, 9.17) is 9.47 Å². The van der Waals surface area contributed by atoms with Gasteiger partial charge in [-0.2, -0.15) is 0 Å². The number of pyridine rings is 1. The number of methoxy groups -OCH3 is 2. The minimum Gasteiger partial charge on any atom is -0.507 e. The Bertz CT molecular complexity index is 1200. The number of aliphatic hydroxyl groups is 1. The number of hydrogen-bond acceptors (Lipinski definition) is 6. The Morgan fingerprint density at radius 1 is 1.03 bits per heavy atom. The Morgan fingerprint density at radius 3 is 2.41 bits per heavy atom. The van der Waals surface area contributed by atoms with Crippen LogP contribution in [0.15, 0.2) is 72.6 Å². The molecule has 7 nitrogen and oxygen atoms in total. The van der Waals surface area contributed by atoms with E-state index in [1.807, 2.05) is 19.1 Å². The summed E-state index contributed by atoms with van der Waals surface area (Å²) in [5.74, 6) is -0.815. The SMILES string of the molecule is COc1ccc([C@@H]2C(=C(O)c3ccc(C)cc3)C(=O)C(=O)N2c2cccnc2)c(OC)c1. The van der Waals surface area contributed by atoms with Gasteiger partial charge in [-0.05, 0) is 31.2 Å². The molecule has 1 aliphatic rings. The monoisotopic (exact) mass is 430 g/mol. The van der Waals surface area contributed by atoms with Crippen molar-refractivity contribution in [3.63, 3.8) is 0 Å². The number of rotatable bonds is 5. The van der Waals surface area contributed by atoms with Crippen molar-refractivity contribution in [1.29, 1.82) is 0 Å². The summed E-state index contributed by atoms with van der Waals surface area (Å²) in [6.45, 7) is 1.92. The summed E-state index contributed by atoms with van der Waals surface area (Å²) in [5, 5.41) is 11.2. The lowest BCUT2D eigenvalue weighted by Gasteiger charge is -2.26. The zero-order valence-electron chi connectivity index (χ0n) is 17.9. The first-order valence-corrected chi connectivity index (χ1v) is 9.96. The molecule has 0 aliphatic carbocycles. The van der Waals surface area contributed by atoms with Gasteiger partial charge in [-0.15, -0.1) is 0 Å². The molecule has 1 aliphatic heterocycles. The smallest absolute Gasteiger partial charge is 0.300 e. The second kappa shape index (κ2) is 8.55. The van der Waals surface area contributed by atoms with E-state index >= 15 is 0 Å². The van der Waals surface area contributed by atoms with Crippen molar-refractivity contribution in [2.24, 2.45) is 0 Å². The van der Waals surface area contributed by atoms with Crippen molar-refractivity contribution in [2.45, 2.75) is 13.0 Å². The standard InChI is InChI=1S/C25H22N2O5/c1-15-6-8-16(9-7-15)23(28)21-22(19-11-10-18(31-2)13-20(19)32-3)27(25(30)24(21)29)17-5-4-12-26-14-17/h4-14,22,28H,1-3H3/t22-/m1/s1. The van der Waals surface area contributed by atoms with Crippen LogP contribution in [-0.2, 0) is 9.59 Å². The zero-order chi connectivity index (χ0) is 22.8. The molecule has 0 radical (unpaired) electrons. The van der Waals surface area contributed by atoms with Gasteiger partial charge in [0.15, 0.2) is 0 Å². The van der Waals surface area contributed by atoms with Crippen LogP contribution in [0.1, 0.15) is 22.7 Å². The number of aromatic nitrogens is 1. The molecule has 0 saturated carbocycles. The van der Waals surface area contributed by atoms with E-state index in [1.165, 1.54) is 25.3 Å². The summed E-state index contributed by atoms with van der Waals surface area (Å²) in [5.41, 5.74) is 2.39. The number of benzene rings is 2. The fourth-order valence-corrected chi connectivity index (χ4v) is 3.80. The number of ketones is 1. The van der Waals surface area contributed by atoms with Crippen LogP contribution in [-0.4, -0.2) is 36.0 Å². The van der Waals surface area contributed by atoms with E-state index in [0.717, 1.165) is 5.56 Å². The maximum atomic E-state index is 13.2. The number of anilines is 1. The minimum absolute atomic E-state index is 0.0221. The van der Waals surface area contributed by atoms with Crippen molar-refractivity contribution in [2.75, 3.05) is 19.1 Å².